The van der Waals surface area contributed by atoms with E-state index in [4.69, 9.17) is 9.72 Å². The molecule has 164 valence electrons. The average molecular weight is 429 g/mol. The molecule has 0 saturated heterocycles. The van der Waals surface area contributed by atoms with Gasteiger partial charge >= 0.3 is 6.03 Å². The summed E-state index contributed by atoms with van der Waals surface area (Å²) in [7, 11) is 1.63. The Bertz CT molecular complexity index is 1170. The fraction of sp³-hybridized carbons (Fsp3) is 0.231. The van der Waals surface area contributed by atoms with E-state index in [1.54, 1.807) is 7.11 Å². The van der Waals surface area contributed by atoms with E-state index in [1.807, 2.05) is 48.5 Å². The van der Waals surface area contributed by atoms with Gasteiger partial charge in [-0.05, 0) is 41.8 Å². The molecule has 0 aliphatic carbocycles. The van der Waals surface area contributed by atoms with E-state index in [9.17, 15) is 4.79 Å². The van der Waals surface area contributed by atoms with E-state index in [-0.39, 0.29) is 6.03 Å². The highest BCUT2D eigenvalue weighted by Crippen LogP contribution is 2.17. The van der Waals surface area contributed by atoms with Crippen LogP contribution in [0.3, 0.4) is 0 Å². The van der Waals surface area contributed by atoms with Crippen molar-refractivity contribution < 1.29 is 9.53 Å². The van der Waals surface area contributed by atoms with E-state index in [2.05, 4.69) is 45.5 Å². The zero-order valence-electron chi connectivity index (χ0n) is 18.3. The van der Waals surface area contributed by atoms with Crippen LogP contribution < -0.4 is 15.4 Å². The van der Waals surface area contributed by atoms with Crippen molar-refractivity contribution >= 4 is 17.1 Å². The quantitative estimate of drug-likeness (QED) is 0.417. The molecule has 0 unspecified atom stereocenters. The van der Waals surface area contributed by atoms with Gasteiger partial charge in [-0.25, -0.2) is 9.78 Å². The van der Waals surface area contributed by atoms with Crippen LogP contribution in [0, 0.1) is 0 Å². The molecule has 0 radical (unpaired) electrons. The summed E-state index contributed by atoms with van der Waals surface area (Å²) in [6.07, 6.45) is 1.78. The van der Waals surface area contributed by atoms with Crippen molar-refractivity contribution in [3.05, 3.63) is 95.8 Å². The number of nitrogens with zero attached hydrogens (tertiary/aromatic N) is 2. The van der Waals surface area contributed by atoms with Crippen LogP contribution in [-0.4, -0.2) is 29.2 Å². The molecular formula is C26H28N4O2. The zero-order valence-corrected chi connectivity index (χ0v) is 18.3. The Labute approximate surface area is 188 Å². The Morgan fingerprint density at radius 3 is 2.53 bits per heavy atom. The van der Waals surface area contributed by atoms with Gasteiger partial charge in [-0.1, -0.05) is 54.6 Å². The third kappa shape index (κ3) is 5.46. The van der Waals surface area contributed by atoms with Crippen LogP contribution in [0.15, 0.2) is 78.9 Å². The summed E-state index contributed by atoms with van der Waals surface area (Å²) in [6, 6.07) is 26.1. The molecule has 6 nitrogen and oxygen atoms in total. The Balaban J connectivity index is 1.35. The summed E-state index contributed by atoms with van der Waals surface area (Å²) in [6.45, 7) is 1.62. The number of urea groups is 1. The van der Waals surface area contributed by atoms with Crippen molar-refractivity contribution in [2.45, 2.75) is 25.9 Å². The third-order valence-corrected chi connectivity index (χ3v) is 5.42. The van der Waals surface area contributed by atoms with Crippen molar-refractivity contribution in [2.24, 2.45) is 0 Å². The van der Waals surface area contributed by atoms with E-state index >= 15 is 0 Å². The lowest BCUT2D eigenvalue weighted by Gasteiger charge is -2.12. The number of benzene rings is 3. The molecule has 0 fully saturated rings. The number of carbonyl (C=O) groups excluding carboxylic acids is 1. The lowest BCUT2D eigenvalue weighted by Crippen LogP contribution is -2.37. The number of aromatic nitrogens is 2. The van der Waals surface area contributed by atoms with Crippen molar-refractivity contribution in [3.8, 4) is 5.75 Å². The van der Waals surface area contributed by atoms with Crippen LogP contribution in [-0.2, 0) is 25.9 Å². The normalized spacial score (nSPS) is 10.8. The fourth-order valence-corrected chi connectivity index (χ4v) is 3.78. The number of carbonyl (C=O) groups is 1. The van der Waals surface area contributed by atoms with Crippen LogP contribution in [0.2, 0.25) is 0 Å². The van der Waals surface area contributed by atoms with Crippen molar-refractivity contribution in [3.63, 3.8) is 0 Å². The number of methoxy groups -OCH3 is 1. The Hall–Kier alpha value is -3.80. The molecule has 1 aromatic heterocycles. The first-order valence-corrected chi connectivity index (χ1v) is 10.9. The molecule has 1 heterocycles. The molecule has 0 spiro atoms. The summed E-state index contributed by atoms with van der Waals surface area (Å²) in [4.78, 5) is 17.1. The summed E-state index contributed by atoms with van der Waals surface area (Å²) < 4.78 is 7.43. The SMILES string of the molecule is COc1cccc(CNC(=O)NCCn2c(CCc3ccccc3)nc3ccccc32)c1. The molecule has 0 aliphatic rings. The van der Waals surface area contributed by atoms with Gasteiger partial charge in [-0.15, -0.1) is 0 Å². The van der Waals surface area contributed by atoms with Crippen LogP contribution in [0.1, 0.15) is 17.0 Å². The highest BCUT2D eigenvalue weighted by Gasteiger charge is 2.11. The number of hydrogen-bond donors (Lipinski definition) is 2. The van der Waals surface area contributed by atoms with E-state index < -0.39 is 0 Å². The van der Waals surface area contributed by atoms with Crippen molar-refractivity contribution in [1.29, 1.82) is 0 Å². The van der Waals surface area contributed by atoms with Gasteiger partial charge in [0.15, 0.2) is 0 Å². The first-order valence-electron chi connectivity index (χ1n) is 10.9. The molecule has 3 aromatic carbocycles. The molecule has 2 N–H and O–H groups in total. The van der Waals surface area contributed by atoms with Gasteiger partial charge in [0, 0.05) is 26.1 Å². The van der Waals surface area contributed by atoms with Crippen LogP contribution in [0.25, 0.3) is 11.0 Å². The van der Waals surface area contributed by atoms with E-state index in [1.165, 1.54) is 5.56 Å². The summed E-state index contributed by atoms with van der Waals surface area (Å²) in [5.41, 5.74) is 4.36. The first-order chi connectivity index (χ1) is 15.7. The molecular weight excluding hydrogens is 400 g/mol. The average Bonchev–Trinajstić information content (AvgIpc) is 3.20. The molecule has 4 rings (SSSR count). The fourth-order valence-electron chi connectivity index (χ4n) is 3.78. The zero-order chi connectivity index (χ0) is 22.2. The molecule has 4 aromatic rings. The molecule has 2 amide bonds. The van der Waals surface area contributed by atoms with Gasteiger partial charge in [-0.2, -0.15) is 0 Å². The lowest BCUT2D eigenvalue weighted by atomic mass is 10.1. The van der Waals surface area contributed by atoms with Crippen molar-refractivity contribution in [1.82, 2.24) is 20.2 Å². The smallest absolute Gasteiger partial charge is 0.315 e. The molecule has 6 heteroatoms. The van der Waals surface area contributed by atoms with Gasteiger partial charge in [0.2, 0.25) is 0 Å². The summed E-state index contributed by atoms with van der Waals surface area (Å²) >= 11 is 0. The highest BCUT2D eigenvalue weighted by atomic mass is 16.5. The van der Waals surface area contributed by atoms with Crippen molar-refractivity contribution in [2.75, 3.05) is 13.7 Å². The molecule has 0 bridgehead atoms. The minimum Gasteiger partial charge on any atom is -0.497 e. The number of nitrogens with one attached hydrogen (secondary N) is 2. The number of imidazole rings is 1. The van der Waals surface area contributed by atoms with Gasteiger partial charge < -0.3 is 19.9 Å². The summed E-state index contributed by atoms with van der Waals surface area (Å²) in [5.74, 6) is 1.81. The minimum absolute atomic E-state index is 0.192. The Morgan fingerprint density at radius 2 is 1.69 bits per heavy atom. The lowest BCUT2D eigenvalue weighted by molar-refractivity contribution is 0.240. The van der Waals surface area contributed by atoms with E-state index in [0.29, 0.717) is 19.6 Å². The van der Waals surface area contributed by atoms with E-state index in [0.717, 1.165) is 41.0 Å². The van der Waals surface area contributed by atoms with Gasteiger partial charge in [0.05, 0.1) is 18.1 Å². The number of amides is 2. The number of aryl methyl sites for hydroxylation is 2. The van der Waals surface area contributed by atoms with Gasteiger partial charge in [0.1, 0.15) is 11.6 Å². The molecule has 0 saturated carbocycles. The maximum absolute atomic E-state index is 12.3. The van der Waals surface area contributed by atoms with Crippen LogP contribution in [0.4, 0.5) is 4.79 Å². The van der Waals surface area contributed by atoms with Gasteiger partial charge in [0.25, 0.3) is 0 Å². The largest absolute Gasteiger partial charge is 0.497 e. The monoisotopic (exact) mass is 428 g/mol. The second-order valence-electron chi connectivity index (χ2n) is 7.61. The molecule has 0 aliphatic heterocycles. The Kier molecular flexibility index (Phi) is 7.02. The Morgan fingerprint density at radius 1 is 0.906 bits per heavy atom. The number of rotatable bonds is 9. The van der Waals surface area contributed by atoms with Crippen LogP contribution >= 0.6 is 0 Å². The highest BCUT2D eigenvalue weighted by molar-refractivity contribution is 5.76. The predicted octanol–water partition coefficient (Wildman–Crippen LogP) is 4.33. The van der Waals surface area contributed by atoms with Gasteiger partial charge in [-0.3, -0.25) is 0 Å². The number of hydrogen-bond acceptors (Lipinski definition) is 3. The standard InChI is InChI=1S/C26H28N4O2/c1-32-22-11-7-10-21(18-22)19-28-26(31)27-16-17-30-24-13-6-5-12-23(24)29-25(30)15-14-20-8-3-2-4-9-20/h2-13,18H,14-17,19H2,1H3,(H2,27,28,31). The second kappa shape index (κ2) is 10.5. The molecule has 32 heavy (non-hydrogen) atoms. The number of para-hydroxylation sites is 2. The summed E-state index contributed by atoms with van der Waals surface area (Å²) in [5, 5.41) is 5.85. The van der Waals surface area contributed by atoms with Crippen LogP contribution in [0.5, 0.6) is 5.75 Å². The number of fused-ring (bicyclic) bond motifs is 1. The topological polar surface area (TPSA) is 68.2 Å². The minimum atomic E-state index is -0.192. The number of ether oxygens (including phenoxy) is 1. The molecule has 0 atom stereocenters. The predicted molar refractivity (Wildman–Crippen MR) is 127 cm³/mol. The second-order valence-corrected chi connectivity index (χ2v) is 7.61. The first kappa shape index (κ1) is 21.4. The third-order valence-electron chi connectivity index (χ3n) is 5.42. The maximum atomic E-state index is 12.3. The maximum Gasteiger partial charge on any atom is 0.315 e.